The second kappa shape index (κ2) is 5.80. The summed E-state index contributed by atoms with van der Waals surface area (Å²) in [4.78, 5) is 10.7. The molecule has 0 unspecified atom stereocenters. The fraction of sp³-hybridized carbons (Fsp3) is 0.462. The number of aliphatic hydroxyl groups excluding tert-OH is 1. The van der Waals surface area contributed by atoms with Gasteiger partial charge < -0.3 is 10.2 Å². The summed E-state index contributed by atoms with van der Waals surface area (Å²) in [5.41, 5.74) is 0.387. The number of carboxylic acid groups (broad SMARTS) is 1. The highest BCUT2D eigenvalue weighted by Crippen LogP contribution is 2.25. The van der Waals surface area contributed by atoms with Gasteiger partial charge >= 0.3 is 5.97 Å². The lowest BCUT2D eigenvalue weighted by molar-refractivity contribution is 0.0697. The molecule has 0 radical (unpaired) electrons. The zero-order valence-corrected chi connectivity index (χ0v) is 11.6. The highest BCUT2D eigenvalue weighted by molar-refractivity contribution is 7.93. The molecule has 110 valence electrons. The van der Waals surface area contributed by atoms with Crippen molar-refractivity contribution in [1.29, 1.82) is 0 Å². The average Bonchev–Trinajstić information content (AvgIpc) is 2.39. The third kappa shape index (κ3) is 3.29. The number of carbonyl (C=O) groups is 1. The number of aromatic carboxylic acids is 1. The van der Waals surface area contributed by atoms with Gasteiger partial charge in [0.15, 0.2) is 0 Å². The minimum absolute atomic E-state index is 0.0886. The van der Waals surface area contributed by atoms with E-state index in [0.29, 0.717) is 18.5 Å². The van der Waals surface area contributed by atoms with Gasteiger partial charge in [-0.05, 0) is 37.1 Å². The van der Waals surface area contributed by atoms with E-state index < -0.39 is 27.3 Å². The highest BCUT2D eigenvalue weighted by atomic mass is 32.2. The molecular weight excluding hydrogens is 282 g/mol. The molecule has 0 aliphatic heterocycles. The van der Waals surface area contributed by atoms with Crippen LogP contribution in [0.4, 0.5) is 5.69 Å². The summed E-state index contributed by atoms with van der Waals surface area (Å²) in [5, 5.41) is 17.8. The topological polar surface area (TPSA) is 104 Å². The SMILES string of the molecule is O=C(O)c1ccc(NS(=O)(=O)[C@H]2CCCC[C@H]2O)cc1. The number of anilines is 1. The van der Waals surface area contributed by atoms with Gasteiger partial charge in [0.1, 0.15) is 5.25 Å². The first-order chi connectivity index (χ1) is 9.40. The van der Waals surface area contributed by atoms with Crippen LogP contribution in [-0.2, 0) is 10.0 Å². The van der Waals surface area contributed by atoms with Crippen molar-refractivity contribution in [3.63, 3.8) is 0 Å². The Hall–Kier alpha value is -1.60. The Morgan fingerprint density at radius 2 is 1.75 bits per heavy atom. The molecule has 1 aromatic rings. The monoisotopic (exact) mass is 299 g/mol. The van der Waals surface area contributed by atoms with Crippen LogP contribution in [-0.4, -0.2) is 36.0 Å². The Labute approximate surface area is 117 Å². The maximum absolute atomic E-state index is 12.2. The lowest BCUT2D eigenvalue weighted by Crippen LogP contribution is -2.40. The molecule has 0 amide bonds. The number of hydrogen-bond donors (Lipinski definition) is 3. The maximum Gasteiger partial charge on any atom is 0.335 e. The second-order valence-electron chi connectivity index (χ2n) is 4.92. The standard InChI is InChI=1S/C13H17NO5S/c15-11-3-1-2-4-12(11)20(18,19)14-10-7-5-9(6-8-10)13(16)17/h5-8,11-12,14-15H,1-4H2,(H,16,17)/t11-,12+/m1/s1. The van der Waals surface area contributed by atoms with Gasteiger partial charge in [0.2, 0.25) is 10.0 Å². The van der Waals surface area contributed by atoms with Crippen LogP contribution in [0.3, 0.4) is 0 Å². The molecule has 7 heteroatoms. The van der Waals surface area contributed by atoms with Crippen LogP contribution in [0.1, 0.15) is 36.0 Å². The van der Waals surface area contributed by atoms with Crippen molar-refractivity contribution in [3.05, 3.63) is 29.8 Å². The van der Waals surface area contributed by atoms with Gasteiger partial charge in [-0.25, -0.2) is 13.2 Å². The Morgan fingerprint density at radius 3 is 2.30 bits per heavy atom. The summed E-state index contributed by atoms with van der Waals surface area (Å²) in [6.07, 6.45) is 1.69. The lowest BCUT2D eigenvalue weighted by atomic mass is 9.97. The van der Waals surface area contributed by atoms with Gasteiger partial charge in [-0.15, -0.1) is 0 Å². The normalized spacial score (nSPS) is 23.2. The zero-order valence-electron chi connectivity index (χ0n) is 10.8. The van der Waals surface area contributed by atoms with Crippen molar-refractivity contribution >= 4 is 21.7 Å². The van der Waals surface area contributed by atoms with E-state index in [9.17, 15) is 18.3 Å². The molecule has 0 bridgehead atoms. The molecule has 1 aromatic carbocycles. The van der Waals surface area contributed by atoms with Crippen molar-refractivity contribution in [3.8, 4) is 0 Å². The number of carboxylic acids is 1. The van der Waals surface area contributed by atoms with E-state index >= 15 is 0 Å². The molecule has 0 spiro atoms. The molecule has 2 rings (SSSR count). The number of nitrogens with one attached hydrogen (secondary N) is 1. The van der Waals surface area contributed by atoms with Gasteiger partial charge in [-0.2, -0.15) is 0 Å². The molecule has 2 atom stereocenters. The van der Waals surface area contributed by atoms with E-state index in [1.165, 1.54) is 24.3 Å². The van der Waals surface area contributed by atoms with Crippen LogP contribution in [0, 0.1) is 0 Å². The van der Waals surface area contributed by atoms with Gasteiger partial charge in [0, 0.05) is 5.69 Å². The fourth-order valence-electron chi connectivity index (χ4n) is 2.36. The molecule has 1 aliphatic rings. The molecule has 3 N–H and O–H groups in total. The molecule has 0 heterocycles. The number of hydrogen-bond acceptors (Lipinski definition) is 4. The van der Waals surface area contributed by atoms with Crippen LogP contribution in [0.25, 0.3) is 0 Å². The summed E-state index contributed by atoms with van der Waals surface area (Å²) in [6.45, 7) is 0. The van der Waals surface area contributed by atoms with Gasteiger partial charge in [-0.1, -0.05) is 12.8 Å². The summed E-state index contributed by atoms with van der Waals surface area (Å²) >= 11 is 0. The van der Waals surface area contributed by atoms with Crippen molar-refractivity contribution in [1.82, 2.24) is 0 Å². The molecule has 1 aliphatic carbocycles. The average molecular weight is 299 g/mol. The van der Waals surface area contributed by atoms with E-state index in [2.05, 4.69) is 4.72 Å². The van der Waals surface area contributed by atoms with E-state index in [0.717, 1.165) is 12.8 Å². The maximum atomic E-state index is 12.2. The largest absolute Gasteiger partial charge is 0.478 e. The van der Waals surface area contributed by atoms with E-state index in [4.69, 9.17) is 5.11 Å². The van der Waals surface area contributed by atoms with Crippen LogP contribution < -0.4 is 4.72 Å². The molecule has 0 aromatic heterocycles. The molecule has 0 saturated heterocycles. The van der Waals surface area contributed by atoms with Crippen molar-refractivity contribution in [2.75, 3.05) is 4.72 Å². The third-order valence-corrected chi connectivity index (χ3v) is 5.33. The summed E-state index contributed by atoms with van der Waals surface area (Å²) < 4.78 is 26.8. The fourth-order valence-corrected chi connectivity index (χ4v) is 4.00. The van der Waals surface area contributed by atoms with Gasteiger partial charge in [0.25, 0.3) is 0 Å². The van der Waals surface area contributed by atoms with Gasteiger partial charge in [-0.3, -0.25) is 4.72 Å². The summed E-state index contributed by atoms with van der Waals surface area (Å²) in [7, 11) is -3.67. The number of sulfonamides is 1. The first-order valence-corrected chi connectivity index (χ1v) is 7.98. The number of aliphatic hydroxyl groups is 1. The van der Waals surface area contributed by atoms with E-state index in [1.807, 2.05) is 0 Å². The molecule has 1 saturated carbocycles. The molecule has 6 nitrogen and oxygen atoms in total. The summed E-state index contributed by atoms with van der Waals surface area (Å²) in [6, 6.07) is 5.46. The van der Waals surface area contributed by atoms with E-state index in [-0.39, 0.29) is 5.56 Å². The third-order valence-electron chi connectivity index (χ3n) is 3.46. The van der Waals surface area contributed by atoms with Gasteiger partial charge in [0.05, 0.1) is 11.7 Å². The van der Waals surface area contributed by atoms with Crippen molar-refractivity contribution in [2.24, 2.45) is 0 Å². The first-order valence-electron chi connectivity index (χ1n) is 6.43. The molecule has 20 heavy (non-hydrogen) atoms. The van der Waals surface area contributed by atoms with E-state index in [1.54, 1.807) is 0 Å². The van der Waals surface area contributed by atoms with Crippen LogP contribution >= 0.6 is 0 Å². The van der Waals surface area contributed by atoms with Crippen LogP contribution in [0.2, 0.25) is 0 Å². The molecular formula is C13H17NO5S. The van der Waals surface area contributed by atoms with Crippen molar-refractivity contribution < 1.29 is 23.4 Å². The molecule has 1 fully saturated rings. The zero-order chi connectivity index (χ0) is 14.8. The second-order valence-corrected chi connectivity index (χ2v) is 6.82. The Bertz CT molecular complexity index is 581. The predicted molar refractivity (Wildman–Crippen MR) is 74.2 cm³/mol. The Morgan fingerprint density at radius 1 is 1.15 bits per heavy atom. The summed E-state index contributed by atoms with van der Waals surface area (Å²) in [5.74, 6) is -1.07. The number of rotatable bonds is 4. The predicted octanol–water partition coefficient (Wildman–Crippen LogP) is 1.43. The lowest BCUT2D eigenvalue weighted by Gasteiger charge is -2.27. The van der Waals surface area contributed by atoms with Crippen LogP contribution in [0.15, 0.2) is 24.3 Å². The highest BCUT2D eigenvalue weighted by Gasteiger charge is 2.34. The Kier molecular flexibility index (Phi) is 4.29. The van der Waals surface area contributed by atoms with Crippen molar-refractivity contribution in [2.45, 2.75) is 37.0 Å². The Balaban J connectivity index is 2.13. The first kappa shape index (κ1) is 14.8. The minimum Gasteiger partial charge on any atom is -0.478 e. The van der Waals surface area contributed by atoms with Crippen LogP contribution in [0.5, 0.6) is 0 Å². The quantitative estimate of drug-likeness (QED) is 0.780. The number of benzene rings is 1. The minimum atomic E-state index is -3.67. The smallest absolute Gasteiger partial charge is 0.335 e.